The SMILES string of the molecule is CCCNCc1nnc(C(CC)CC)s1. The van der Waals surface area contributed by atoms with Gasteiger partial charge in [-0.05, 0) is 25.8 Å². The Morgan fingerprint density at radius 2 is 1.93 bits per heavy atom. The van der Waals surface area contributed by atoms with Gasteiger partial charge in [0.15, 0.2) is 0 Å². The van der Waals surface area contributed by atoms with Crippen LogP contribution in [0.2, 0.25) is 0 Å². The maximum atomic E-state index is 4.27. The number of nitrogens with one attached hydrogen (secondary N) is 1. The van der Waals surface area contributed by atoms with E-state index in [2.05, 4.69) is 36.3 Å². The molecule has 0 atom stereocenters. The molecule has 0 spiro atoms. The molecule has 4 heteroatoms. The highest BCUT2D eigenvalue weighted by Crippen LogP contribution is 2.25. The van der Waals surface area contributed by atoms with E-state index in [1.165, 1.54) is 5.01 Å². The fourth-order valence-corrected chi connectivity index (χ4v) is 2.59. The molecule has 0 aromatic carbocycles. The predicted molar refractivity (Wildman–Crippen MR) is 65.2 cm³/mol. The van der Waals surface area contributed by atoms with Gasteiger partial charge in [-0.25, -0.2) is 0 Å². The average molecular weight is 227 g/mol. The largest absolute Gasteiger partial charge is 0.310 e. The van der Waals surface area contributed by atoms with Gasteiger partial charge in [0.25, 0.3) is 0 Å². The topological polar surface area (TPSA) is 37.8 Å². The Bertz CT molecular complexity index is 269. The highest BCUT2D eigenvalue weighted by molar-refractivity contribution is 7.11. The molecule has 0 aliphatic heterocycles. The number of hydrogen-bond acceptors (Lipinski definition) is 4. The molecule has 0 fully saturated rings. The fraction of sp³-hybridized carbons (Fsp3) is 0.818. The van der Waals surface area contributed by atoms with Crippen LogP contribution in [0.25, 0.3) is 0 Å². The van der Waals surface area contributed by atoms with Gasteiger partial charge in [0.1, 0.15) is 10.0 Å². The summed E-state index contributed by atoms with van der Waals surface area (Å²) in [6.45, 7) is 8.52. The monoisotopic (exact) mass is 227 g/mol. The third kappa shape index (κ3) is 3.87. The van der Waals surface area contributed by atoms with Crippen LogP contribution >= 0.6 is 11.3 Å². The van der Waals surface area contributed by atoms with E-state index in [0.717, 1.165) is 37.4 Å². The lowest BCUT2D eigenvalue weighted by molar-refractivity contribution is 0.627. The van der Waals surface area contributed by atoms with Crippen LogP contribution in [-0.2, 0) is 6.54 Å². The Hall–Kier alpha value is -0.480. The molecule has 0 unspecified atom stereocenters. The standard InChI is InChI=1S/C11H21N3S/c1-4-7-12-8-10-13-14-11(15-10)9(5-2)6-3/h9,12H,4-8H2,1-3H3. The van der Waals surface area contributed by atoms with E-state index in [1.54, 1.807) is 11.3 Å². The Balaban J connectivity index is 2.47. The number of hydrogen-bond donors (Lipinski definition) is 1. The second-order valence-electron chi connectivity index (χ2n) is 3.72. The number of aromatic nitrogens is 2. The van der Waals surface area contributed by atoms with Gasteiger partial charge in [0.2, 0.25) is 0 Å². The minimum Gasteiger partial charge on any atom is -0.310 e. The maximum absolute atomic E-state index is 4.27. The van der Waals surface area contributed by atoms with Crippen LogP contribution in [0.1, 0.15) is 56.0 Å². The lowest BCUT2D eigenvalue weighted by Gasteiger charge is -2.05. The molecule has 0 aliphatic rings. The van der Waals surface area contributed by atoms with Crippen molar-refractivity contribution in [3.8, 4) is 0 Å². The van der Waals surface area contributed by atoms with Crippen molar-refractivity contribution in [1.82, 2.24) is 15.5 Å². The Kier molecular flexibility index (Phi) is 5.79. The van der Waals surface area contributed by atoms with Crippen molar-refractivity contribution < 1.29 is 0 Å². The summed E-state index contributed by atoms with van der Waals surface area (Å²) < 4.78 is 0. The average Bonchev–Trinajstić information content (AvgIpc) is 2.69. The van der Waals surface area contributed by atoms with Crippen LogP contribution in [0.4, 0.5) is 0 Å². The summed E-state index contributed by atoms with van der Waals surface area (Å²) in [5.41, 5.74) is 0. The molecule has 86 valence electrons. The van der Waals surface area contributed by atoms with Crippen LogP contribution < -0.4 is 5.32 Å². The van der Waals surface area contributed by atoms with Crippen LogP contribution in [0.5, 0.6) is 0 Å². The zero-order valence-electron chi connectivity index (χ0n) is 9.92. The summed E-state index contributed by atoms with van der Waals surface area (Å²) in [7, 11) is 0. The Labute approximate surface area is 96.3 Å². The molecule has 0 amide bonds. The first-order valence-corrected chi connectivity index (χ1v) is 6.66. The first-order valence-electron chi connectivity index (χ1n) is 5.84. The quantitative estimate of drug-likeness (QED) is 0.728. The highest BCUT2D eigenvalue weighted by atomic mass is 32.1. The van der Waals surface area contributed by atoms with Gasteiger partial charge in [-0.3, -0.25) is 0 Å². The molecule has 0 radical (unpaired) electrons. The molecule has 0 bridgehead atoms. The van der Waals surface area contributed by atoms with Crippen molar-refractivity contribution in [3.05, 3.63) is 10.0 Å². The highest BCUT2D eigenvalue weighted by Gasteiger charge is 2.12. The summed E-state index contributed by atoms with van der Waals surface area (Å²) in [5, 5.41) is 14.1. The summed E-state index contributed by atoms with van der Waals surface area (Å²) in [6.07, 6.45) is 3.49. The second kappa shape index (κ2) is 6.90. The minimum absolute atomic E-state index is 0.599. The van der Waals surface area contributed by atoms with Crippen LogP contribution in [-0.4, -0.2) is 16.7 Å². The van der Waals surface area contributed by atoms with E-state index >= 15 is 0 Å². The first-order chi connectivity index (χ1) is 7.31. The van der Waals surface area contributed by atoms with Crippen LogP contribution in [0.3, 0.4) is 0 Å². The van der Waals surface area contributed by atoms with E-state index in [0.29, 0.717) is 5.92 Å². The van der Waals surface area contributed by atoms with Crippen LogP contribution in [0, 0.1) is 0 Å². The third-order valence-corrected chi connectivity index (χ3v) is 3.61. The molecule has 0 saturated heterocycles. The Morgan fingerprint density at radius 3 is 2.53 bits per heavy atom. The molecule has 0 saturated carbocycles. The zero-order chi connectivity index (χ0) is 11.1. The lowest BCUT2D eigenvalue weighted by atomic mass is 10.1. The smallest absolute Gasteiger partial charge is 0.131 e. The molecule has 15 heavy (non-hydrogen) atoms. The molecule has 3 nitrogen and oxygen atoms in total. The van der Waals surface area contributed by atoms with Crippen molar-refractivity contribution in [1.29, 1.82) is 0 Å². The minimum atomic E-state index is 0.599. The molecular formula is C11H21N3S. The predicted octanol–water partition coefficient (Wildman–Crippen LogP) is 2.94. The van der Waals surface area contributed by atoms with E-state index in [9.17, 15) is 0 Å². The number of rotatable bonds is 7. The maximum Gasteiger partial charge on any atom is 0.131 e. The summed E-state index contributed by atoms with van der Waals surface area (Å²) in [4.78, 5) is 0. The summed E-state index contributed by atoms with van der Waals surface area (Å²) >= 11 is 1.76. The van der Waals surface area contributed by atoms with E-state index in [1.807, 2.05) is 0 Å². The molecule has 1 N–H and O–H groups in total. The molecule has 1 aromatic heterocycles. The van der Waals surface area contributed by atoms with Crippen molar-refractivity contribution in [2.75, 3.05) is 6.54 Å². The molecule has 1 rings (SSSR count). The van der Waals surface area contributed by atoms with Crippen molar-refractivity contribution in [3.63, 3.8) is 0 Å². The van der Waals surface area contributed by atoms with E-state index in [-0.39, 0.29) is 0 Å². The summed E-state index contributed by atoms with van der Waals surface area (Å²) in [6, 6.07) is 0. The zero-order valence-corrected chi connectivity index (χ0v) is 10.7. The fourth-order valence-electron chi connectivity index (χ4n) is 1.51. The van der Waals surface area contributed by atoms with Crippen molar-refractivity contribution >= 4 is 11.3 Å². The van der Waals surface area contributed by atoms with Crippen molar-refractivity contribution in [2.45, 2.75) is 52.5 Å². The van der Waals surface area contributed by atoms with Gasteiger partial charge in [0.05, 0.1) is 0 Å². The van der Waals surface area contributed by atoms with Gasteiger partial charge in [0, 0.05) is 12.5 Å². The molecule has 1 aromatic rings. The number of nitrogens with zero attached hydrogens (tertiary/aromatic N) is 2. The normalized spacial score (nSPS) is 11.2. The second-order valence-corrected chi connectivity index (χ2v) is 4.82. The Morgan fingerprint density at radius 1 is 1.20 bits per heavy atom. The van der Waals surface area contributed by atoms with E-state index < -0.39 is 0 Å². The lowest BCUT2D eigenvalue weighted by Crippen LogP contribution is -2.13. The van der Waals surface area contributed by atoms with Gasteiger partial charge in [-0.1, -0.05) is 32.1 Å². The summed E-state index contributed by atoms with van der Waals surface area (Å²) in [5.74, 6) is 0.599. The van der Waals surface area contributed by atoms with Gasteiger partial charge >= 0.3 is 0 Å². The molecule has 1 heterocycles. The van der Waals surface area contributed by atoms with E-state index in [4.69, 9.17) is 0 Å². The van der Waals surface area contributed by atoms with Gasteiger partial charge in [-0.15, -0.1) is 10.2 Å². The van der Waals surface area contributed by atoms with Gasteiger partial charge in [-0.2, -0.15) is 0 Å². The van der Waals surface area contributed by atoms with Crippen molar-refractivity contribution in [2.24, 2.45) is 0 Å². The van der Waals surface area contributed by atoms with Gasteiger partial charge < -0.3 is 5.32 Å². The van der Waals surface area contributed by atoms with Crippen LogP contribution in [0.15, 0.2) is 0 Å². The molecular weight excluding hydrogens is 206 g/mol. The molecule has 0 aliphatic carbocycles. The first kappa shape index (κ1) is 12.6. The third-order valence-electron chi connectivity index (χ3n) is 2.52.